The SMILES string of the molecule is CC12CN(C(=O)c3ccc(Cl)cc3Cl)C3(C#N)CC1CCC23C. The maximum absolute atomic E-state index is 13.1. The molecule has 5 heteroatoms. The second-order valence-electron chi connectivity index (χ2n) is 7.68. The first-order valence-corrected chi connectivity index (χ1v) is 8.73. The highest BCUT2D eigenvalue weighted by Crippen LogP contribution is 2.75. The van der Waals surface area contributed by atoms with E-state index in [1.54, 1.807) is 23.1 Å². The molecule has 0 N–H and O–H groups in total. The topological polar surface area (TPSA) is 44.1 Å². The molecule has 1 aromatic rings. The molecule has 23 heavy (non-hydrogen) atoms. The monoisotopic (exact) mass is 348 g/mol. The van der Waals surface area contributed by atoms with E-state index >= 15 is 0 Å². The van der Waals surface area contributed by atoms with E-state index in [1.807, 2.05) is 0 Å². The molecule has 0 spiro atoms. The number of nitriles is 1. The summed E-state index contributed by atoms with van der Waals surface area (Å²) >= 11 is 12.2. The van der Waals surface area contributed by atoms with Gasteiger partial charge in [0.25, 0.3) is 5.91 Å². The summed E-state index contributed by atoms with van der Waals surface area (Å²) in [6.45, 7) is 5.08. The number of carbonyl (C=O) groups excluding carboxylic acids is 1. The van der Waals surface area contributed by atoms with Gasteiger partial charge < -0.3 is 4.90 Å². The summed E-state index contributed by atoms with van der Waals surface area (Å²) in [6.07, 6.45) is 2.97. The molecular weight excluding hydrogens is 331 g/mol. The summed E-state index contributed by atoms with van der Waals surface area (Å²) in [4.78, 5) is 14.9. The molecule has 3 nitrogen and oxygen atoms in total. The van der Waals surface area contributed by atoms with E-state index in [-0.39, 0.29) is 16.7 Å². The van der Waals surface area contributed by atoms with Crippen LogP contribution in [0.5, 0.6) is 0 Å². The lowest BCUT2D eigenvalue weighted by molar-refractivity contribution is 0.0430. The number of likely N-dealkylation sites (tertiary alicyclic amines) is 1. The second kappa shape index (κ2) is 4.43. The van der Waals surface area contributed by atoms with Crippen LogP contribution >= 0.6 is 23.2 Å². The summed E-state index contributed by atoms with van der Waals surface area (Å²) in [6, 6.07) is 7.45. The van der Waals surface area contributed by atoms with Crippen LogP contribution in [0, 0.1) is 28.1 Å². The number of hydrogen-bond donors (Lipinski definition) is 0. The minimum atomic E-state index is -0.704. The van der Waals surface area contributed by atoms with Crippen molar-refractivity contribution in [2.75, 3.05) is 6.54 Å². The molecule has 1 aromatic carbocycles. The Bertz CT molecular complexity index is 773. The Balaban J connectivity index is 1.80. The zero-order valence-electron chi connectivity index (χ0n) is 13.2. The maximum atomic E-state index is 13.1. The van der Waals surface area contributed by atoms with Gasteiger partial charge >= 0.3 is 0 Å². The van der Waals surface area contributed by atoms with Gasteiger partial charge in [0.05, 0.1) is 16.7 Å². The van der Waals surface area contributed by atoms with E-state index in [2.05, 4.69) is 19.9 Å². The van der Waals surface area contributed by atoms with Gasteiger partial charge in [-0.1, -0.05) is 37.0 Å². The number of carbonyl (C=O) groups is 1. The van der Waals surface area contributed by atoms with Crippen LogP contribution in [0.3, 0.4) is 0 Å². The van der Waals surface area contributed by atoms with Gasteiger partial charge in [0.2, 0.25) is 0 Å². The van der Waals surface area contributed by atoms with E-state index in [1.165, 1.54) is 6.42 Å². The van der Waals surface area contributed by atoms with E-state index in [0.29, 0.717) is 28.1 Å². The van der Waals surface area contributed by atoms with E-state index < -0.39 is 5.54 Å². The average Bonchev–Trinajstić information content (AvgIpc) is 2.95. The van der Waals surface area contributed by atoms with Gasteiger partial charge in [0.1, 0.15) is 5.54 Å². The highest BCUT2D eigenvalue weighted by molar-refractivity contribution is 6.36. The highest BCUT2D eigenvalue weighted by Gasteiger charge is 2.78. The Hall–Kier alpha value is -1.24. The zero-order valence-corrected chi connectivity index (χ0v) is 14.7. The van der Waals surface area contributed by atoms with Crippen LogP contribution in [-0.4, -0.2) is 22.9 Å². The third-order valence-corrected chi connectivity index (χ3v) is 7.70. The number of piperidine rings is 1. The first-order valence-electron chi connectivity index (χ1n) is 7.97. The Kier molecular flexibility index (Phi) is 2.95. The van der Waals surface area contributed by atoms with Crippen LogP contribution in [0.2, 0.25) is 10.0 Å². The van der Waals surface area contributed by atoms with Gasteiger partial charge in [0.15, 0.2) is 0 Å². The number of halogens is 2. The fraction of sp³-hybridized carbons (Fsp3) is 0.556. The molecule has 2 aliphatic carbocycles. The number of hydrogen-bond acceptors (Lipinski definition) is 2. The molecule has 4 rings (SSSR count). The number of rotatable bonds is 1. The number of amides is 1. The molecule has 4 bridgehead atoms. The molecule has 0 aromatic heterocycles. The van der Waals surface area contributed by atoms with Crippen molar-refractivity contribution in [3.63, 3.8) is 0 Å². The van der Waals surface area contributed by atoms with Crippen molar-refractivity contribution in [2.24, 2.45) is 16.7 Å². The molecule has 3 fully saturated rings. The smallest absolute Gasteiger partial charge is 0.256 e. The summed E-state index contributed by atoms with van der Waals surface area (Å²) in [5.41, 5.74) is -0.378. The lowest BCUT2D eigenvalue weighted by atomic mass is 9.66. The summed E-state index contributed by atoms with van der Waals surface area (Å²) in [5.74, 6) is 0.389. The third-order valence-electron chi connectivity index (χ3n) is 7.15. The highest BCUT2D eigenvalue weighted by atomic mass is 35.5. The van der Waals surface area contributed by atoms with Crippen molar-refractivity contribution in [1.29, 1.82) is 5.26 Å². The molecular formula is C18H18Cl2N2O. The normalized spacial score (nSPS) is 40.5. The summed E-state index contributed by atoms with van der Waals surface area (Å²) in [5, 5.41) is 10.9. The zero-order chi connectivity index (χ0) is 16.6. The first kappa shape index (κ1) is 15.3. The predicted molar refractivity (Wildman–Crippen MR) is 89.4 cm³/mol. The minimum absolute atomic E-state index is 0.0251. The number of nitrogens with zero attached hydrogens (tertiary/aromatic N) is 2. The molecule has 3 aliphatic rings. The predicted octanol–water partition coefficient (Wildman–Crippen LogP) is 4.54. The molecule has 1 heterocycles. The van der Waals surface area contributed by atoms with Crippen LogP contribution in [0.25, 0.3) is 0 Å². The summed E-state index contributed by atoms with van der Waals surface area (Å²) in [7, 11) is 0. The Labute approximate surface area is 146 Å². The van der Waals surface area contributed by atoms with Crippen molar-refractivity contribution in [3.8, 4) is 6.07 Å². The quantitative estimate of drug-likeness (QED) is 0.747. The van der Waals surface area contributed by atoms with Gasteiger partial charge in [-0.25, -0.2) is 0 Å². The molecule has 1 aliphatic heterocycles. The van der Waals surface area contributed by atoms with Crippen LogP contribution in [0.1, 0.15) is 43.5 Å². The maximum Gasteiger partial charge on any atom is 0.256 e. The molecule has 2 saturated carbocycles. The lowest BCUT2D eigenvalue weighted by Crippen LogP contribution is -2.54. The van der Waals surface area contributed by atoms with Gasteiger partial charge in [0, 0.05) is 17.0 Å². The van der Waals surface area contributed by atoms with Gasteiger partial charge in [-0.3, -0.25) is 4.79 Å². The minimum Gasteiger partial charge on any atom is -0.319 e. The standard InChI is InChI=1S/C18H18Cl2N2O/c1-16-10-22(15(23)13-4-3-12(19)7-14(13)20)18(9-21)8-11(16)5-6-17(16,18)2/h3-4,7,11H,5-6,8,10H2,1-2H3. The van der Waals surface area contributed by atoms with E-state index in [0.717, 1.165) is 12.8 Å². The van der Waals surface area contributed by atoms with Crippen molar-refractivity contribution < 1.29 is 4.79 Å². The van der Waals surface area contributed by atoms with Crippen LogP contribution < -0.4 is 0 Å². The molecule has 120 valence electrons. The van der Waals surface area contributed by atoms with Gasteiger partial charge in [-0.2, -0.15) is 5.26 Å². The average molecular weight is 349 g/mol. The fourth-order valence-electron chi connectivity index (χ4n) is 5.56. The molecule has 4 unspecified atom stereocenters. The van der Waals surface area contributed by atoms with E-state index in [4.69, 9.17) is 23.2 Å². The van der Waals surface area contributed by atoms with Gasteiger partial charge in [-0.15, -0.1) is 0 Å². The van der Waals surface area contributed by atoms with Crippen molar-refractivity contribution in [2.45, 2.75) is 38.6 Å². The van der Waals surface area contributed by atoms with Gasteiger partial charge in [-0.05, 0) is 48.8 Å². The molecule has 4 atom stereocenters. The van der Waals surface area contributed by atoms with Crippen molar-refractivity contribution >= 4 is 29.1 Å². The largest absolute Gasteiger partial charge is 0.319 e. The molecule has 0 radical (unpaired) electrons. The van der Waals surface area contributed by atoms with Crippen LogP contribution in [0.4, 0.5) is 0 Å². The molecule has 1 saturated heterocycles. The Morgan fingerprint density at radius 3 is 2.74 bits per heavy atom. The van der Waals surface area contributed by atoms with Crippen LogP contribution in [-0.2, 0) is 0 Å². The first-order chi connectivity index (χ1) is 10.8. The van der Waals surface area contributed by atoms with Crippen molar-refractivity contribution in [1.82, 2.24) is 4.90 Å². The lowest BCUT2D eigenvalue weighted by Gasteiger charge is -2.43. The Morgan fingerprint density at radius 1 is 1.39 bits per heavy atom. The second-order valence-corrected chi connectivity index (χ2v) is 8.52. The Morgan fingerprint density at radius 2 is 2.13 bits per heavy atom. The molecule has 1 amide bonds. The van der Waals surface area contributed by atoms with Crippen molar-refractivity contribution in [3.05, 3.63) is 33.8 Å². The van der Waals surface area contributed by atoms with E-state index in [9.17, 15) is 10.1 Å². The fourth-order valence-corrected chi connectivity index (χ4v) is 6.05. The number of benzene rings is 1. The third kappa shape index (κ3) is 1.55. The van der Waals surface area contributed by atoms with Crippen LogP contribution in [0.15, 0.2) is 18.2 Å². The summed E-state index contributed by atoms with van der Waals surface area (Å²) < 4.78 is 0.